The zero-order chi connectivity index (χ0) is 24.2. The van der Waals surface area contributed by atoms with Crippen LogP contribution < -0.4 is 0 Å². The largest absolute Gasteiger partial charge is 0.456 e. The Balaban J connectivity index is 1.44. The number of para-hydroxylation sites is 2. The summed E-state index contributed by atoms with van der Waals surface area (Å²) in [6, 6.07) is 36.8. The maximum Gasteiger partial charge on any atom is 0.135 e. The molecule has 2 aromatic heterocycles. The SMILES string of the molecule is C(=C\c1oc2ccccc2c1/C=C/c1c(/C=C/c2ccccc2)oc2ccccc12)/c1ccccc1. The summed E-state index contributed by atoms with van der Waals surface area (Å²) in [5.74, 6) is 1.65. The third-order valence-corrected chi connectivity index (χ3v) is 6.20. The van der Waals surface area contributed by atoms with Crippen LogP contribution in [0, 0.1) is 0 Å². The first-order valence-electron chi connectivity index (χ1n) is 12.0. The molecule has 6 aromatic rings. The van der Waals surface area contributed by atoms with E-state index in [4.69, 9.17) is 8.83 Å². The highest BCUT2D eigenvalue weighted by Crippen LogP contribution is 2.33. The Morgan fingerprint density at radius 2 is 0.750 bits per heavy atom. The number of furan rings is 2. The van der Waals surface area contributed by atoms with Crippen molar-refractivity contribution in [2.45, 2.75) is 0 Å². The van der Waals surface area contributed by atoms with Crippen molar-refractivity contribution < 1.29 is 8.83 Å². The summed E-state index contributed by atoms with van der Waals surface area (Å²) in [5.41, 5.74) is 6.07. The molecule has 0 N–H and O–H groups in total. The van der Waals surface area contributed by atoms with Crippen LogP contribution in [0.1, 0.15) is 33.8 Å². The third-order valence-electron chi connectivity index (χ3n) is 6.20. The van der Waals surface area contributed by atoms with Gasteiger partial charge in [0.15, 0.2) is 0 Å². The number of benzene rings is 4. The maximum atomic E-state index is 6.24. The Hall–Kier alpha value is -4.82. The molecule has 0 atom stereocenters. The van der Waals surface area contributed by atoms with E-state index in [-0.39, 0.29) is 0 Å². The minimum Gasteiger partial charge on any atom is -0.456 e. The van der Waals surface area contributed by atoms with E-state index >= 15 is 0 Å². The zero-order valence-corrected chi connectivity index (χ0v) is 19.7. The zero-order valence-electron chi connectivity index (χ0n) is 19.7. The van der Waals surface area contributed by atoms with E-state index in [1.54, 1.807) is 0 Å². The number of fused-ring (bicyclic) bond motifs is 2. The van der Waals surface area contributed by atoms with E-state index in [2.05, 4.69) is 60.7 Å². The standard InChI is InChI=1S/C34H24O2/c1-3-11-25(12-4-1)19-23-33-29(27-15-7-9-17-31(27)35-33)21-22-30-28-16-8-10-18-32(28)36-34(30)24-20-26-13-5-2-6-14-26/h1-24H/b22-21+,23-19+,24-20+. The molecule has 2 heterocycles. The van der Waals surface area contributed by atoms with Gasteiger partial charge in [0.2, 0.25) is 0 Å². The molecule has 0 bridgehead atoms. The van der Waals surface area contributed by atoms with E-state index in [9.17, 15) is 0 Å². The van der Waals surface area contributed by atoms with Gasteiger partial charge in [0, 0.05) is 21.9 Å². The molecule has 36 heavy (non-hydrogen) atoms. The summed E-state index contributed by atoms with van der Waals surface area (Å²) in [7, 11) is 0. The molecule has 2 nitrogen and oxygen atoms in total. The van der Waals surface area contributed by atoms with Crippen molar-refractivity contribution in [2.75, 3.05) is 0 Å². The predicted molar refractivity (Wildman–Crippen MR) is 152 cm³/mol. The molecule has 0 aliphatic heterocycles. The monoisotopic (exact) mass is 464 g/mol. The molecule has 0 saturated carbocycles. The molecule has 0 aliphatic rings. The molecular formula is C34H24O2. The lowest BCUT2D eigenvalue weighted by Crippen LogP contribution is -1.77. The van der Waals surface area contributed by atoms with Gasteiger partial charge in [-0.1, -0.05) is 109 Å². The van der Waals surface area contributed by atoms with Gasteiger partial charge in [-0.3, -0.25) is 0 Å². The van der Waals surface area contributed by atoms with Crippen LogP contribution in [0.3, 0.4) is 0 Å². The van der Waals surface area contributed by atoms with Gasteiger partial charge >= 0.3 is 0 Å². The van der Waals surface area contributed by atoms with Crippen LogP contribution >= 0.6 is 0 Å². The van der Waals surface area contributed by atoms with Gasteiger partial charge in [-0.15, -0.1) is 0 Å². The summed E-state index contributed by atoms with van der Waals surface area (Å²) in [5, 5.41) is 2.16. The summed E-state index contributed by atoms with van der Waals surface area (Å²) in [6.45, 7) is 0. The Bertz CT molecular complexity index is 1580. The van der Waals surface area contributed by atoms with Gasteiger partial charge in [0.1, 0.15) is 22.7 Å². The molecule has 0 amide bonds. The van der Waals surface area contributed by atoms with Crippen molar-refractivity contribution in [1.82, 2.24) is 0 Å². The first-order valence-corrected chi connectivity index (χ1v) is 12.0. The van der Waals surface area contributed by atoms with Crippen LogP contribution in [0.15, 0.2) is 118 Å². The summed E-state index contributed by atoms with van der Waals surface area (Å²) in [6.07, 6.45) is 12.5. The molecule has 0 aliphatic carbocycles. The minimum atomic E-state index is 0.825. The van der Waals surface area contributed by atoms with Gasteiger partial charge in [0.25, 0.3) is 0 Å². The molecule has 0 spiro atoms. The Morgan fingerprint density at radius 1 is 0.361 bits per heavy atom. The van der Waals surface area contributed by atoms with Crippen LogP contribution in [0.2, 0.25) is 0 Å². The second kappa shape index (κ2) is 9.81. The molecule has 172 valence electrons. The normalized spacial score (nSPS) is 12.1. The van der Waals surface area contributed by atoms with Gasteiger partial charge < -0.3 is 8.83 Å². The first kappa shape index (κ1) is 21.7. The van der Waals surface area contributed by atoms with E-state index in [0.717, 1.165) is 55.7 Å². The fourth-order valence-electron chi connectivity index (χ4n) is 4.40. The quantitative estimate of drug-likeness (QED) is 0.245. The van der Waals surface area contributed by atoms with Gasteiger partial charge in [0.05, 0.1) is 0 Å². The van der Waals surface area contributed by atoms with Crippen LogP contribution in [0.5, 0.6) is 0 Å². The number of rotatable bonds is 6. The average Bonchev–Trinajstić information content (AvgIpc) is 3.48. The van der Waals surface area contributed by atoms with Crippen molar-refractivity contribution in [1.29, 1.82) is 0 Å². The summed E-state index contributed by atoms with van der Waals surface area (Å²) in [4.78, 5) is 0. The first-order chi connectivity index (χ1) is 17.8. The lowest BCUT2D eigenvalue weighted by molar-refractivity contribution is 0.603. The molecule has 0 saturated heterocycles. The topological polar surface area (TPSA) is 26.3 Å². The second-order valence-corrected chi connectivity index (χ2v) is 8.57. The molecule has 0 radical (unpaired) electrons. The van der Waals surface area contributed by atoms with Gasteiger partial charge in [-0.05, 0) is 47.6 Å². The Kier molecular flexibility index (Phi) is 5.91. The Labute approximate surface area is 210 Å². The summed E-state index contributed by atoms with van der Waals surface area (Å²) >= 11 is 0. The molecular weight excluding hydrogens is 440 g/mol. The molecule has 2 heteroatoms. The fraction of sp³-hybridized carbons (Fsp3) is 0. The van der Waals surface area contributed by atoms with E-state index < -0.39 is 0 Å². The molecule has 6 rings (SSSR count). The number of hydrogen-bond acceptors (Lipinski definition) is 2. The van der Waals surface area contributed by atoms with Gasteiger partial charge in [-0.25, -0.2) is 0 Å². The maximum absolute atomic E-state index is 6.24. The number of hydrogen-bond donors (Lipinski definition) is 0. The summed E-state index contributed by atoms with van der Waals surface area (Å²) < 4.78 is 12.5. The van der Waals surface area contributed by atoms with E-state index in [1.807, 2.05) is 84.9 Å². The van der Waals surface area contributed by atoms with Gasteiger partial charge in [-0.2, -0.15) is 0 Å². The Morgan fingerprint density at radius 3 is 1.19 bits per heavy atom. The minimum absolute atomic E-state index is 0.825. The second-order valence-electron chi connectivity index (χ2n) is 8.57. The average molecular weight is 465 g/mol. The van der Waals surface area contributed by atoms with Crippen LogP contribution in [-0.2, 0) is 0 Å². The van der Waals surface area contributed by atoms with Crippen LogP contribution in [0.4, 0.5) is 0 Å². The highest BCUT2D eigenvalue weighted by atomic mass is 16.3. The van der Waals surface area contributed by atoms with Crippen LogP contribution in [0.25, 0.3) is 58.4 Å². The van der Waals surface area contributed by atoms with E-state index in [1.165, 1.54) is 0 Å². The van der Waals surface area contributed by atoms with Crippen molar-refractivity contribution in [3.05, 3.63) is 143 Å². The van der Waals surface area contributed by atoms with Crippen molar-refractivity contribution >= 4 is 58.4 Å². The van der Waals surface area contributed by atoms with E-state index in [0.29, 0.717) is 0 Å². The van der Waals surface area contributed by atoms with Crippen molar-refractivity contribution in [2.24, 2.45) is 0 Å². The molecule has 4 aromatic carbocycles. The lowest BCUT2D eigenvalue weighted by Gasteiger charge is -1.96. The smallest absolute Gasteiger partial charge is 0.135 e. The van der Waals surface area contributed by atoms with Crippen molar-refractivity contribution in [3.63, 3.8) is 0 Å². The van der Waals surface area contributed by atoms with Crippen LogP contribution in [-0.4, -0.2) is 0 Å². The lowest BCUT2D eigenvalue weighted by atomic mass is 10.0. The fourth-order valence-corrected chi connectivity index (χ4v) is 4.40. The molecule has 0 unspecified atom stereocenters. The molecule has 0 fully saturated rings. The van der Waals surface area contributed by atoms with Crippen molar-refractivity contribution in [3.8, 4) is 0 Å². The predicted octanol–water partition coefficient (Wildman–Crippen LogP) is 9.69. The highest BCUT2D eigenvalue weighted by molar-refractivity contribution is 5.99. The third kappa shape index (κ3) is 4.45. The highest BCUT2D eigenvalue weighted by Gasteiger charge is 2.12.